The number of thiazole rings is 1. The van der Waals surface area contributed by atoms with Gasteiger partial charge in [-0.1, -0.05) is 11.3 Å². The number of amides is 1. The summed E-state index contributed by atoms with van der Waals surface area (Å²) >= 11 is 0.602. The Morgan fingerprint density at radius 2 is 1.57 bits per heavy atom. The number of fused-ring (bicyclic) bond motifs is 1. The van der Waals surface area contributed by atoms with E-state index in [1.165, 1.54) is 22.8 Å². The predicted molar refractivity (Wildman–Crippen MR) is 116 cm³/mol. The first kappa shape index (κ1) is 25.2. The van der Waals surface area contributed by atoms with Crippen molar-refractivity contribution in [2.45, 2.75) is 18.9 Å². The molecule has 0 N–H and O–H groups in total. The van der Waals surface area contributed by atoms with Gasteiger partial charge < -0.3 is 9.47 Å². The third kappa shape index (κ3) is 5.84. The highest BCUT2D eigenvalue weighted by Gasteiger charge is 2.39. The number of aromatic nitrogens is 1. The molecule has 35 heavy (non-hydrogen) atoms. The van der Waals surface area contributed by atoms with Gasteiger partial charge in [0.05, 0.1) is 15.8 Å². The number of hydrogen-bond donors (Lipinski definition) is 0. The van der Waals surface area contributed by atoms with Crippen LogP contribution in [0, 0.1) is 5.82 Å². The van der Waals surface area contributed by atoms with E-state index >= 15 is 0 Å². The van der Waals surface area contributed by atoms with Gasteiger partial charge in [0, 0.05) is 45.0 Å². The van der Waals surface area contributed by atoms with Crippen molar-refractivity contribution in [1.82, 2.24) is 9.47 Å². The summed E-state index contributed by atoms with van der Waals surface area (Å²) in [5.41, 5.74) is 0.196. The van der Waals surface area contributed by atoms with Crippen LogP contribution in [-0.4, -0.2) is 54.3 Å². The fraction of sp³-hybridized carbons (Fsp3) is 0.364. The summed E-state index contributed by atoms with van der Waals surface area (Å²) in [6, 6.07) is 8.97. The summed E-state index contributed by atoms with van der Waals surface area (Å²) in [4.78, 5) is 18.4. The van der Waals surface area contributed by atoms with E-state index in [2.05, 4.69) is 14.8 Å². The number of alkyl halides is 6. The SMILES string of the molecule is O=C(N=c1sc2cc(C(F)(F)F)ccc2n1CCN1CCN(c2ccc(F)cc2)CC1)C(F)(F)F. The molecule has 0 aliphatic carbocycles. The normalized spacial score (nSPS) is 16.3. The van der Waals surface area contributed by atoms with Crippen LogP contribution >= 0.6 is 11.3 Å². The van der Waals surface area contributed by atoms with Crippen molar-refractivity contribution in [2.24, 2.45) is 4.99 Å². The van der Waals surface area contributed by atoms with E-state index in [1.807, 2.05) is 0 Å². The van der Waals surface area contributed by atoms with Crippen LogP contribution in [0.5, 0.6) is 0 Å². The monoisotopic (exact) mass is 520 g/mol. The van der Waals surface area contributed by atoms with Crippen LogP contribution in [0.3, 0.4) is 0 Å². The molecule has 0 bridgehead atoms. The molecular formula is C22H19F7N4OS. The maximum absolute atomic E-state index is 13.1. The van der Waals surface area contributed by atoms with E-state index in [4.69, 9.17) is 0 Å². The lowest BCUT2D eigenvalue weighted by Crippen LogP contribution is -2.47. The summed E-state index contributed by atoms with van der Waals surface area (Å²) < 4.78 is 92.2. The average molecular weight is 520 g/mol. The van der Waals surface area contributed by atoms with Crippen LogP contribution in [0.4, 0.5) is 36.4 Å². The molecule has 1 fully saturated rings. The topological polar surface area (TPSA) is 40.8 Å². The molecule has 2 heterocycles. The third-order valence-electron chi connectivity index (χ3n) is 5.65. The Bertz CT molecular complexity index is 1270. The number of anilines is 1. The molecule has 2 aromatic carbocycles. The molecule has 1 amide bonds. The van der Waals surface area contributed by atoms with E-state index in [1.54, 1.807) is 12.1 Å². The molecule has 3 aromatic rings. The molecule has 0 radical (unpaired) electrons. The van der Waals surface area contributed by atoms with Gasteiger partial charge in [-0.15, -0.1) is 0 Å². The van der Waals surface area contributed by atoms with Crippen LogP contribution in [0.25, 0.3) is 10.2 Å². The highest BCUT2D eigenvalue weighted by molar-refractivity contribution is 7.16. The van der Waals surface area contributed by atoms with Gasteiger partial charge in [0.15, 0.2) is 4.80 Å². The van der Waals surface area contributed by atoms with Gasteiger partial charge in [-0.25, -0.2) is 4.39 Å². The molecule has 0 unspecified atom stereocenters. The molecule has 188 valence electrons. The highest BCUT2D eigenvalue weighted by atomic mass is 32.1. The number of carbonyl (C=O) groups is 1. The minimum absolute atomic E-state index is 0.0784. The van der Waals surface area contributed by atoms with Gasteiger partial charge in [-0.3, -0.25) is 9.69 Å². The first-order valence-corrected chi connectivity index (χ1v) is 11.3. The van der Waals surface area contributed by atoms with Crippen LogP contribution in [0.2, 0.25) is 0 Å². The smallest absolute Gasteiger partial charge is 0.369 e. The Morgan fingerprint density at radius 1 is 0.914 bits per heavy atom. The number of nitrogens with zero attached hydrogens (tertiary/aromatic N) is 4. The van der Waals surface area contributed by atoms with Crippen LogP contribution in [0.15, 0.2) is 47.5 Å². The summed E-state index contributed by atoms with van der Waals surface area (Å²) in [7, 11) is 0. The number of rotatable bonds is 4. The second-order valence-corrected chi connectivity index (χ2v) is 8.95. The van der Waals surface area contributed by atoms with E-state index in [0.29, 0.717) is 44.1 Å². The number of benzene rings is 2. The Morgan fingerprint density at radius 3 is 2.17 bits per heavy atom. The standard InChI is InChI=1S/C22H19F7N4OS/c23-15-2-4-16(5-3-15)32-10-7-31(8-11-32)9-12-33-17-6-1-14(21(24,25)26)13-18(17)35-20(33)30-19(34)22(27,28)29/h1-6,13H,7-12H2. The average Bonchev–Trinajstić information content (AvgIpc) is 3.13. The molecule has 0 atom stereocenters. The molecule has 4 rings (SSSR count). The fourth-order valence-corrected chi connectivity index (χ4v) is 4.92. The lowest BCUT2D eigenvalue weighted by Gasteiger charge is -2.36. The summed E-state index contributed by atoms with van der Waals surface area (Å²) in [6.07, 6.45) is -9.81. The molecule has 0 spiro atoms. The number of halogens is 7. The molecule has 5 nitrogen and oxygen atoms in total. The summed E-state index contributed by atoms with van der Waals surface area (Å²) in [5.74, 6) is -2.65. The molecule has 1 aromatic heterocycles. The van der Waals surface area contributed by atoms with Gasteiger partial charge in [0.25, 0.3) is 0 Å². The van der Waals surface area contributed by atoms with Gasteiger partial charge >= 0.3 is 18.3 Å². The minimum atomic E-state index is -5.19. The summed E-state index contributed by atoms with van der Waals surface area (Å²) in [6.45, 7) is 3.03. The maximum atomic E-state index is 13.1. The molecule has 1 aliphatic heterocycles. The van der Waals surface area contributed by atoms with Crippen LogP contribution in [-0.2, 0) is 17.5 Å². The van der Waals surface area contributed by atoms with Crippen molar-refractivity contribution in [3.05, 3.63) is 58.6 Å². The largest absolute Gasteiger partial charge is 0.473 e. The van der Waals surface area contributed by atoms with E-state index < -0.39 is 23.8 Å². The lowest BCUT2D eigenvalue weighted by atomic mass is 10.2. The van der Waals surface area contributed by atoms with Crippen molar-refractivity contribution < 1.29 is 35.5 Å². The zero-order valence-corrected chi connectivity index (χ0v) is 18.9. The second kappa shape index (κ2) is 9.61. The molecular weight excluding hydrogens is 501 g/mol. The lowest BCUT2D eigenvalue weighted by molar-refractivity contribution is -0.169. The van der Waals surface area contributed by atoms with Gasteiger partial charge in [-0.2, -0.15) is 31.3 Å². The maximum Gasteiger partial charge on any atom is 0.473 e. The molecule has 0 saturated carbocycles. The Labute approximate surface area is 198 Å². The number of piperazine rings is 1. The van der Waals surface area contributed by atoms with Crippen molar-refractivity contribution >= 4 is 33.1 Å². The zero-order valence-electron chi connectivity index (χ0n) is 18.0. The predicted octanol–water partition coefficient (Wildman–Crippen LogP) is 4.67. The van der Waals surface area contributed by atoms with Gasteiger partial charge in [0.2, 0.25) is 0 Å². The minimum Gasteiger partial charge on any atom is -0.369 e. The number of carbonyl (C=O) groups excluding carboxylic acids is 1. The van der Waals surface area contributed by atoms with E-state index in [0.717, 1.165) is 17.8 Å². The van der Waals surface area contributed by atoms with E-state index in [9.17, 15) is 35.5 Å². The van der Waals surface area contributed by atoms with Crippen LogP contribution in [0.1, 0.15) is 5.56 Å². The molecule has 1 aliphatic rings. The van der Waals surface area contributed by atoms with Crippen molar-refractivity contribution in [2.75, 3.05) is 37.6 Å². The van der Waals surface area contributed by atoms with Crippen molar-refractivity contribution in [1.29, 1.82) is 0 Å². The third-order valence-corrected chi connectivity index (χ3v) is 6.69. The quantitative estimate of drug-likeness (QED) is 0.470. The fourth-order valence-electron chi connectivity index (χ4n) is 3.82. The van der Waals surface area contributed by atoms with Crippen molar-refractivity contribution in [3.63, 3.8) is 0 Å². The van der Waals surface area contributed by atoms with Crippen LogP contribution < -0.4 is 9.70 Å². The zero-order chi connectivity index (χ0) is 25.4. The molecule has 13 heteroatoms. The Hall–Kier alpha value is -2.93. The van der Waals surface area contributed by atoms with E-state index in [-0.39, 0.29) is 27.4 Å². The van der Waals surface area contributed by atoms with Gasteiger partial charge in [-0.05, 0) is 42.5 Å². The van der Waals surface area contributed by atoms with Crippen molar-refractivity contribution in [3.8, 4) is 0 Å². The number of hydrogen-bond acceptors (Lipinski definition) is 4. The molecule has 1 saturated heterocycles. The summed E-state index contributed by atoms with van der Waals surface area (Å²) in [5, 5.41) is 0. The second-order valence-electron chi connectivity index (χ2n) is 7.94. The van der Waals surface area contributed by atoms with Gasteiger partial charge in [0.1, 0.15) is 5.82 Å². The first-order chi connectivity index (χ1) is 16.4. The highest BCUT2D eigenvalue weighted by Crippen LogP contribution is 2.32. The first-order valence-electron chi connectivity index (χ1n) is 10.5. The Kier molecular flexibility index (Phi) is 6.91. The Balaban J connectivity index is 1.54.